The van der Waals surface area contributed by atoms with Crippen molar-refractivity contribution >= 4 is 11.8 Å². The molecule has 14 heavy (non-hydrogen) atoms. The molecule has 0 aliphatic carbocycles. The van der Waals surface area contributed by atoms with Crippen LogP contribution in [-0.4, -0.2) is 24.4 Å². The SMILES string of the molecule is CCCCCNC(=O)C(=O)NC(C)C. The highest BCUT2D eigenvalue weighted by Crippen LogP contribution is 1.90. The van der Waals surface area contributed by atoms with E-state index >= 15 is 0 Å². The van der Waals surface area contributed by atoms with Gasteiger partial charge in [-0.3, -0.25) is 9.59 Å². The minimum atomic E-state index is -0.545. The second kappa shape index (κ2) is 7.35. The summed E-state index contributed by atoms with van der Waals surface area (Å²) in [6, 6.07) is 0.00360. The Morgan fingerprint density at radius 2 is 1.79 bits per heavy atom. The first-order valence-electron chi connectivity index (χ1n) is 5.16. The first-order valence-corrected chi connectivity index (χ1v) is 5.16. The maximum Gasteiger partial charge on any atom is 0.309 e. The minimum absolute atomic E-state index is 0.00360. The van der Waals surface area contributed by atoms with Gasteiger partial charge in [0, 0.05) is 12.6 Å². The third kappa shape index (κ3) is 6.46. The van der Waals surface area contributed by atoms with Crippen LogP contribution in [0.25, 0.3) is 0 Å². The molecule has 0 fully saturated rings. The van der Waals surface area contributed by atoms with E-state index in [0.29, 0.717) is 6.54 Å². The van der Waals surface area contributed by atoms with Gasteiger partial charge in [-0.05, 0) is 20.3 Å². The average Bonchev–Trinajstić information content (AvgIpc) is 2.11. The molecule has 82 valence electrons. The molecule has 0 aromatic rings. The van der Waals surface area contributed by atoms with Gasteiger partial charge in [-0.15, -0.1) is 0 Å². The van der Waals surface area contributed by atoms with Crippen LogP contribution >= 0.6 is 0 Å². The summed E-state index contributed by atoms with van der Waals surface area (Å²) in [4.78, 5) is 22.2. The van der Waals surface area contributed by atoms with Crippen molar-refractivity contribution < 1.29 is 9.59 Å². The van der Waals surface area contributed by atoms with Crippen molar-refractivity contribution in [1.82, 2.24) is 10.6 Å². The van der Waals surface area contributed by atoms with Crippen LogP contribution in [-0.2, 0) is 9.59 Å². The molecule has 4 nitrogen and oxygen atoms in total. The molecule has 0 aromatic heterocycles. The van der Waals surface area contributed by atoms with E-state index in [1.54, 1.807) is 0 Å². The first-order chi connectivity index (χ1) is 6.57. The third-order valence-electron chi connectivity index (χ3n) is 1.69. The molecule has 0 heterocycles. The van der Waals surface area contributed by atoms with Gasteiger partial charge in [0.25, 0.3) is 0 Å². The van der Waals surface area contributed by atoms with Gasteiger partial charge >= 0.3 is 11.8 Å². The van der Waals surface area contributed by atoms with Crippen molar-refractivity contribution in [3.63, 3.8) is 0 Å². The summed E-state index contributed by atoms with van der Waals surface area (Å²) < 4.78 is 0. The molecule has 0 spiro atoms. The molecule has 0 aliphatic rings. The zero-order valence-corrected chi connectivity index (χ0v) is 9.22. The number of carbonyl (C=O) groups excluding carboxylic acids is 2. The Morgan fingerprint density at radius 3 is 2.29 bits per heavy atom. The molecule has 0 aliphatic heterocycles. The topological polar surface area (TPSA) is 58.2 Å². The maximum absolute atomic E-state index is 11.1. The number of rotatable bonds is 5. The second-order valence-corrected chi connectivity index (χ2v) is 3.59. The van der Waals surface area contributed by atoms with E-state index in [1.165, 1.54) is 0 Å². The third-order valence-corrected chi connectivity index (χ3v) is 1.69. The van der Waals surface area contributed by atoms with Crippen LogP contribution in [0, 0.1) is 0 Å². The Labute approximate surface area is 85.4 Å². The monoisotopic (exact) mass is 200 g/mol. The molecular weight excluding hydrogens is 180 g/mol. The molecule has 0 saturated heterocycles. The smallest absolute Gasteiger partial charge is 0.309 e. The van der Waals surface area contributed by atoms with E-state index in [0.717, 1.165) is 19.3 Å². The minimum Gasteiger partial charge on any atom is -0.348 e. The summed E-state index contributed by atoms with van der Waals surface area (Å²) in [7, 11) is 0. The summed E-state index contributed by atoms with van der Waals surface area (Å²) in [6.45, 7) is 6.32. The summed E-state index contributed by atoms with van der Waals surface area (Å²) in [5, 5.41) is 5.10. The predicted octanol–water partition coefficient (Wildman–Crippen LogP) is 0.817. The normalized spacial score (nSPS) is 10.0. The Kier molecular flexibility index (Phi) is 6.80. The van der Waals surface area contributed by atoms with Crippen molar-refractivity contribution in [2.75, 3.05) is 6.54 Å². The van der Waals surface area contributed by atoms with Crippen LogP contribution in [0.2, 0.25) is 0 Å². The van der Waals surface area contributed by atoms with Gasteiger partial charge in [0.1, 0.15) is 0 Å². The van der Waals surface area contributed by atoms with Crippen molar-refractivity contribution in [3.8, 4) is 0 Å². The van der Waals surface area contributed by atoms with E-state index in [4.69, 9.17) is 0 Å². The first kappa shape index (κ1) is 12.9. The lowest BCUT2D eigenvalue weighted by Gasteiger charge is -2.08. The fourth-order valence-corrected chi connectivity index (χ4v) is 0.985. The lowest BCUT2D eigenvalue weighted by molar-refractivity contribution is -0.139. The highest BCUT2D eigenvalue weighted by Gasteiger charge is 2.12. The summed E-state index contributed by atoms with van der Waals surface area (Å²) in [5.74, 6) is -1.08. The standard InChI is InChI=1S/C10H20N2O2/c1-4-5-6-7-11-9(13)10(14)12-8(2)3/h8H,4-7H2,1-3H3,(H,11,13)(H,12,14). The van der Waals surface area contributed by atoms with Crippen LogP contribution in [0.3, 0.4) is 0 Å². The Hall–Kier alpha value is -1.06. The molecule has 0 rings (SSSR count). The Morgan fingerprint density at radius 1 is 1.14 bits per heavy atom. The van der Waals surface area contributed by atoms with Crippen LogP contribution in [0.15, 0.2) is 0 Å². The fraction of sp³-hybridized carbons (Fsp3) is 0.800. The van der Waals surface area contributed by atoms with Crippen molar-refractivity contribution in [3.05, 3.63) is 0 Å². The van der Waals surface area contributed by atoms with E-state index in [1.807, 2.05) is 13.8 Å². The second-order valence-electron chi connectivity index (χ2n) is 3.59. The maximum atomic E-state index is 11.1. The average molecular weight is 200 g/mol. The molecule has 0 unspecified atom stereocenters. The van der Waals surface area contributed by atoms with Crippen molar-refractivity contribution in [2.24, 2.45) is 0 Å². The Balaban J connectivity index is 3.58. The molecule has 0 bridgehead atoms. The molecule has 0 saturated carbocycles. The van der Waals surface area contributed by atoms with Gasteiger partial charge in [0.05, 0.1) is 0 Å². The number of hydrogen-bond donors (Lipinski definition) is 2. The van der Waals surface area contributed by atoms with Crippen molar-refractivity contribution in [1.29, 1.82) is 0 Å². The predicted molar refractivity (Wildman–Crippen MR) is 55.8 cm³/mol. The molecule has 0 aromatic carbocycles. The van der Waals surface area contributed by atoms with E-state index < -0.39 is 11.8 Å². The summed E-state index contributed by atoms with van der Waals surface area (Å²) in [5.41, 5.74) is 0. The van der Waals surface area contributed by atoms with E-state index in [2.05, 4.69) is 17.6 Å². The number of amides is 2. The molecular formula is C10H20N2O2. The van der Waals surface area contributed by atoms with Gasteiger partial charge in [-0.1, -0.05) is 19.8 Å². The summed E-state index contributed by atoms with van der Waals surface area (Å²) >= 11 is 0. The molecule has 4 heteroatoms. The zero-order chi connectivity index (χ0) is 11.0. The quantitative estimate of drug-likeness (QED) is 0.510. The number of nitrogens with one attached hydrogen (secondary N) is 2. The lowest BCUT2D eigenvalue weighted by Crippen LogP contribution is -2.42. The highest BCUT2D eigenvalue weighted by atomic mass is 16.2. The Bertz CT molecular complexity index is 191. The van der Waals surface area contributed by atoms with Crippen LogP contribution in [0.4, 0.5) is 0 Å². The fourth-order valence-electron chi connectivity index (χ4n) is 0.985. The number of hydrogen-bond acceptors (Lipinski definition) is 2. The van der Waals surface area contributed by atoms with E-state index in [9.17, 15) is 9.59 Å². The zero-order valence-electron chi connectivity index (χ0n) is 9.22. The summed E-state index contributed by atoms with van der Waals surface area (Å²) in [6.07, 6.45) is 3.11. The van der Waals surface area contributed by atoms with Crippen LogP contribution in [0.5, 0.6) is 0 Å². The highest BCUT2D eigenvalue weighted by molar-refractivity contribution is 6.35. The molecule has 0 radical (unpaired) electrons. The van der Waals surface area contributed by atoms with E-state index in [-0.39, 0.29) is 6.04 Å². The number of carbonyl (C=O) groups is 2. The molecule has 2 amide bonds. The van der Waals surface area contributed by atoms with Gasteiger partial charge < -0.3 is 10.6 Å². The van der Waals surface area contributed by atoms with Gasteiger partial charge in [-0.2, -0.15) is 0 Å². The largest absolute Gasteiger partial charge is 0.348 e. The van der Waals surface area contributed by atoms with Crippen LogP contribution in [0.1, 0.15) is 40.0 Å². The van der Waals surface area contributed by atoms with Gasteiger partial charge in [-0.25, -0.2) is 0 Å². The van der Waals surface area contributed by atoms with Gasteiger partial charge in [0.2, 0.25) is 0 Å². The van der Waals surface area contributed by atoms with Crippen molar-refractivity contribution in [2.45, 2.75) is 46.1 Å². The van der Waals surface area contributed by atoms with Crippen LogP contribution < -0.4 is 10.6 Å². The molecule has 2 N–H and O–H groups in total. The van der Waals surface area contributed by atoms with Gasteiger partial charge in [0.15, 0.2) is 0 Å². The molecule has 0 atom stereocenters. The lowest BCUT2D eigenvalue weighted by atomic mass is 10.2. The number of unbranched alkanes of at least 4 members (excludes halogenated alkanes) is 2.